The van der Waals surface area contributed by atoms with E-state index in [1.54, 1.807) is 16.7 Å². The zero-order valence-corrected chi connectivity index (χ0v) is 15.7. The molecule has 10 heteroatoms. The number of aliphatic hydroxyl groups excluding tert-OH is 1. The minimum atomic E-state index is -0.506. The van der Waals surface area contributed by atoms with E-state index < -0.39 is 12.1 Å². The molecule has 2 aromatic rings. The Morgan fingerprint density at radius 2 is 2.04 bits per heavy atom. The summed E-state index contributed by atoms with van der Waals surface area (Å²) in [6.45, 7) is 0.260. The normalized spacial score (nSPS) is 24.3. The van der Waals surface area contributed by atoms with E-state index >= 15 is 0 Å². The van der Waals surface area contributed by atoms with Crippen molar-refractivity contribution in [1.82, 2.24) is 25.1 Å². The number of rotatable bonds is 6. The maximum atomic E-state index is 12.5. The van der Waals surface area contributed by atoms with Gasteiger partial charge in [0.15, 0.2) is 11.9 Å². The van der Waals surface area contributed by atoms with Gasteiger partial charge in [-0.25, -0.2) is 4.68 Å². The first kappa shape index (κ1) is 18.0. The van der Waals surface area contributed by atoms with Gasteiger partial charge in [-0.1, -0.05) is 12.1 Å². The molecule has 3 heterocycles. The molecule has 3 atom stereocenters. The number of methoxy groups -OCH3 is 2. The Hall–Kier alpha value is -2.43. The number of fused-ring (bicyclic) bond motifs is 1. The topological polar surface area (TPSA) is 103 Å². The van der Waals surface area contributed by atoms with Crippen LogP contribution in [-0.2, 0) is 16.1 Å². The van der Waals surface area contributed by atoms with E-state index in [0.717, 1.165) is 11.3 Å². The minimum Gasteiger partial charge on any atom is -0.497 e. The maximum Gasteiger partial charge on any atom is 0.256 e. The summed E-state index contributed by atoms with van der Waals surface area (Å²) in [6, 6.07) is 7.10. The van der Waals surface area contributed by atoms with E-state index in [1.165, 1.54) is 18.9 Å². The first-order chi connectivity index (χ1) is 13.2. The van der Waals surface area contributed by atoms with E-state index in [4.69, 9.17) is 9.47 Å². The van der Waals surface area contributed by atoms with Gasteiger partial charge in [-0.2, -0.15) is 0 Å². The summed E-state index contributed by atoms with van der Waals surface area (Å²) < 4.78 is 12.1. The first-order valence-corrected chi connectivity index (χ1v) is 9.31. The molecule has 1 aromatic heterocycles. The smallest absolute Gasteiger partial charge is 0.256 e. The van der Waals surface area contributed by atoms with E-state index in [2.05, 4.69) is 15.5 Å². The number of hydrogen-bond donors (Lipinski definition) is 1. The molecule has 2 aliphatic heterocycles. The summed E-state index contributed by atoms with van der Waals surface area (Å²) >= 11 is 1.46. The van der Waals surface area contributed by atoms with Crippen LogP contribution < -0.4 is 4.74 Å². The van der Waals surface area contributed by atoms with Crippen molar-refractivity contribution in [2.75, 3.05) is 20.8 Å². The molecule has 9 nitrogen and oxygen atoms in total. The van der Waals surface area contributed by atoms with E-state index in [1.807, 2.05) is 29.7 Å². The second-order valence-electron chi connectivity index (χ2n) is 6.22. The van der Waals surface area contributed by atoms with Crippen molar-refractivity contribution in [3.8, 4) is 5.75 Å². The fourth-order valence-corrected chi connectivity index (χ4v) is 4.57. The molecule has 0 bridgehead atoms. The number of carbonyl (C=O) groups is 1. The molecule has 1 saturated heterocycles. The highest BCUT2D eigenvalue weighted by molar-refractivity contribution is 8.02. The van der Waals surface area contributed by atoms with Crippen LogP contribution in [0.3, 0.4) is 0 Å². The van der Waals surface area contributed by atoms with Gasteiger partial charge >= 0.3 is 0 Å². The Kier molecular flexibility index (Phi) is 4.85. The molecule has 1 aromatic carbocycles. The van der Waals surface area contributed by atoms with Crippen LogP contribution in [0, 0.1) is 0 Å². The van der Waals surface area contributed by atoms with Crippen molar-refractivity contribution in [3.63, 3.8) is 0 Å². The van der Waals surface area contributed by atoms with Crippen LogP contribution in [0.15, 0.2) is 35.2 Å². The van der Waals surface area contributed by atoms with Gasteiger partial charge in [0.25, 0.3) is 5.91 Å². The number of β-lactam (4-membered cyclic amide) rings is 1. The average Bonchev–Trinajstić information content (AvgIpc) is 3.15. The van der Waals surface area contributed by atoms with E-state index in [-0.39, 0.29) is 17.9 Å². The molecule has 0 aliphatic carbocycles. The van der Waals surface area contributed by atoms with Crippen molar-refractivity contribution in [1.29, 1.82) is 0 Å². The lowest BCUT2D eigenvalue weighted by Crippen LogP contribution is -2.66. The second kappa shape index (κ2) is 7.29. The number of tetrazole rings is 1. The summed E-state index contributed by atoms with van der Waals surface area (Å²) in [4.78, 5) is 14.2. The molecule has 27 heavy (non-hydrogen) atoms. The molecule has 1 fully saturated rings. The van der Waals surface area contributed by atoms with Crippen LogP contribution in [0.25, 0.3) is 0 Å². The number of benzene rings is 1. The number of amides is 1. The molecule has 1 unspecified atom stereocenters. The molecule has 0 spiro atoms. The van der Waals surface area contributed by atoms with Crippen LogP contribution in [0.2, 0.25) is 0 Å². The first-order valence-electron chi connectivity index (χ1n) is 8.37. The standard InChI is InChI=1S/C17H19N5O4S/c1-25-12-5-3-10(4-6-12)7-21-15(18-19-20-21)13-11(8-23)9-27-17-14(26-2)16(24)22(13)17/h3-6,9,13-14,17,23H,7-8H2,1-2H3/t13?,14-,17+/m0/s1. The highest BCUT2D eigenvalue weighted by Gasteiger charge is 2.55. The van der Waals surface area contributed by atoms with Gasteiger partial charge in [-0.3, -0.25) is 4.79 Å². The molecule has 0 radical (unpaired) electrons. The van der Waals surface area contributed by atoms with Gasteiger partial charge in [0.1, 0.15) is 17.2 Å². The van der Waals surface area contributed by atoms with Crippen LogP contribution in [0.4, 0.5) is 0 Å². The van der Waals surface area contributed by atoms with E-state index in [0.29, 0.717) is 17.9 Å². The molecular formula is C17H19N5O4S. The predicted octanol–water partition coefficient (Wildman–Crippen LogP) is 0.577. The number of aromatic nitrogens is 4. The predicted molar refractivity (Wildman–Crippen MR) is 96.8 cm³/mol. The Labute approximate surface area is 159 Å². The molecule has 2 aliphatic rings. The summed E-state index contributed by atoms with van der Waals surface area (Å²) in [7, 11) is 3.14. The zero-order chi connectivity index (χ0) is 19.0. The van der Waals surface area contributed by atoms with Crippen LogP contribution >= 0.6 is 11.8 Å². The summed E-state index contributed by atoms with van der Waals surface area (Å²) in [6.07, 6.45) is -0.486. The average molecular weight is 389 g/mol. The largest absolute Gasteiger partial charge is 0.497 e. The molecule has 142 valence electrons. The third kappa shape index (κ3) is 2.99. The summed E-state index contributed by atoms with van der Waals surface area (Å²) in [5.74, 6) is 1.16. The maximum absolute atomic E-state index is 12.5. The number of ether oxygens (including phenoxy) is 2. The lowest BCUT2D eigenvalue weighted by atomic mass is 9.99. The molecule has 0 saturated carbocycles. The number of aliphatic hydroxyl groups is 1. The van der Waals surface area contributed by atoms with Gasteiger partial charge in [-0.15, -0.1) is 16.9 Å². The Balaban J connectivity index is 1.64. The SMILES string of the molecule is COc1ccc(Cn2nnnc2C2C(CO)=CS[C@@H]3[C@@H](OC)C(=O)N23)cc1. The number of hydrogen-bond acceptors (Lipinski definition) is 8. The zero-order valence-electron chi connectivity index (χ0n) is 14.8. The Bertz CT molecular complexity index is 868. The van der Waals surface area contributed by atoms with Crippen molar-refractivity contribution in [2.45, 2.75) is 24.1 Å². The lowest BCUT2D eigenvalue weighted by molar-refractivity contribution is -0.166. The molecule has 1 amide bonds. The van der Waals surface area contributed by atoms with E-state index in [9.17, 15) is 9.90 Å². The number of nitrogens with zero attached hydrogens (tertiary/aromatic N) is 5. The third-order valence-electron chi connectivity index (χ3n) is 4.75. The van der Waals surface area contributed by atoms with Gasteiger partial charge in [-0.05, 0) is 39.1 Å². The highest BCUT2D eigenvalue weighted by atomic mass is 32.2. The van der Waals surface area contributed by atoms with Crippen molar-refractivity contribution in [3.05, 3.63) is 46.6 Å². The van der Waals surface area contributed by atoms with Gasteiger partial charge < -0.3 is 19.5 Å². The number of thioether (sulfide) groups is 1. The molecule has 1 N–H and O–H groups in total. The summed E-state index contributed by atoms with van der Waals surface area (Å²) in [5, 5.41) is 23.6. The molecule has 4 rings (SSSR count). The third-order valence-corrected chi connectivity index (χ3v) is 5.94. The fourth-order valence-electron chi connectivity index (χ4n) is 3.32. The van der Waals surface area contributed by atoms with Gasteiger partial charge in [0, 0.05) is 7.11 Å². The second-order valence-corrected chi connectivity index (χ2v) is 7.22. The van der Waals surface area contributed by atoms with Crippen molar-refractivity contribution < 1.29 is 19.4 Å². The van der Waals surface area contributed by atoms with Gasteiger partial charge in [0.2, 0.25) is 0 Å². The fraction of sp³-hybridized carbons (Fsp3) is 0.412. The minimum absolute atomic E-state index is 0.127. The quantitative estimate of drug-likeness (QED) is 0.716. The number of carbonyl (C=O) groups excluding carboxylic acids is 1. The summed E-state index contributed by atoms with van der Waals surface area (Å²) in [5.41, 5.74) is 1.68. The highest BCUT2D eigenvalue weighted by Crippen LogP contribution is 2.46. The Morgan fingerprint density at radius 1 is 1.26 bits per heavy atom. The van der Waals surface area contributed by atoms with Crippen molar-refractivity contribution >= 4 is 17.7 Å². The van der Waals surface area contributed by atoms with Crippen LogP contribution in [-0.4, -0.2) is 68.4 Å². The Morgan fingerprint density at radius 3 is 2.70 bits per heavy atom. The van der Waals surface area contributed by atoms with Crippen LogP contribution in [0.5, 0.6) is 5.75 Å². The van der Waals surface area contributed by atoms with Crippen LogP contribution in [0.1, 0.15) is 17.4 Å². The monoisotopic (exact) mass is 389 g/mol. The molecular weight excluding hydrogens is 370 g/mol. The van der Waals surface area contributed by atoms with Gasteiger partial charge in [0.05, 0.1) is 20.3 Å². The van der Waals surface area contributed by atoms with Crippen molar-refractivity contribution in [2.24, 2.45) is 0 Å². The lowest BCUT2D eigenvalue weighted by Gasteiger charge is -2.51.